The Labute approximate surface area is 135 Å². The van der Waals surface area contributed by atoms with Crippen LogP contribution in [0.3, 0.4) is 0 Å². The standard InChI is InChI=1S/C18H20N2O3/c1-12(19-18(22)16-10-5-11-23-16)17(21)20-15-9-4-7-13-6-2-3-8-14(13)15/h2-3,5-6,8,10-12,15H,4,7,9H2,1H3,(H,19,22)(H,20,21)/t12-,15-/m0/s1. The van der Waals surface area contributed by atoms with Crippen molar-refractivity contribution in [3.8, 4) is 0 Å². The molecule has 1 aliphatic rings. The summed E-state index contributed by atoms with van der Waals surface area (Å²) in [5, 5.41) is 5.69. The molecule has 0 radical (unpaired) electrons. The molecule has 0 saturated heterocycles. The zero-order valence-electron chi connectivity index (χ0n) is 13.0. The van der Waals surface area contributed by atoms with Crippen molar-refractivity contribution in [2.75, 3.05) is 0 Å². The molecule has 0 spiro atoms. The van der Waals surface area contributed by atoms with Gasteiger partial charge in [-0.15, -0.1) is 0 Å². The fourth-order valence-corrected chi connectivity index (χ4v) is 2.94. The van der Waals surface area contributed by atoms with Gasteiger partial charge in [0, 0.05) is 0 Å². The molecule has 5 heteroatoms. The summed E-state index contributed by atoms with van der Waals surface area (Å²) < 4.78 is 5.03. The molecule has 0 fully saturated rings. The number of carbonyl (C=O) groups excluding carboxylic acids is 2. The molecule has 2 N–H and O–H groups in total. The Morgan fingerprint density at radius 1 is 1.22 bits per heavy atom. The molecule has 1 aromatic heterocycles. The Morgan fingerprint density at radius 3 is 2.83 bits per heavy atom. The summed E-state index contributed by atoms with van der Waals surface area (Å²) in [6, 6.07) is 10.8. The van der Waals surface area contributed by atoms with Gasteiger partial charge in [-0.3, -0.25) is 9.59 Å². The lowest BCUT2D eigenvalue weighted by molar-refractivity contribution is -0.123. The highest BCUT2D eigenvalue weighted by Crippen LogP contribution is 2.29. The maximum absolute atomic E-state index is 12.4. The van der Waals surface area contributed by atoms with E-state index in [-0.39, 0.29) is 23.6 Å². The first-order valence-electron chi connectivity index (χ1n) is 7.87. The Bertz CT molecular complexity index is 694. The molecule has 0 bridgehead atoms. The van der Waals surface area contributed by atoms with Crippen LogP contribution in [-0.2, 0) is 11.2 Å². The predicted octanol–water partition coefficient (Wildman–Crippen LogP) is 2.59. The van der Waals surface area contributed by atoms with Crippen LogP contribution in [0.1, 0.15) is 47.5 Å². The minimum atomic E-state index is -0.623. The molecule has 0 saturated carbocycles. The average Bonchev–Trinajstić information content (AvgIpc) is 3.09. The lowest BCUT2D eigenvalue weighted by atomic mass is 9.87. The molecule has 2 aromatic rings. The molecule has 2 amide bonds. The highest BCUT2D eigenvalue weighted by Gasteiger charge is 2.24. The molecule has 0 aliphatic heterocycles. The third-order valence-corrected chi connectivity index (χ3v) is 4.17. The van der Waals surface area contributed by atoms with Crippen LogP contribution in [-0.4, -0.2) is 17.9 Å². The molecule has 5 nitrogen and oxygen atoms in total. The van der Waals surface area contributed by atoms with Gasteiger partial charge in [0.1, 0.15) is 6.04 Å². The maximum Gasteiger partial charge on any atom is 0.287 e. The van der Waals surface area contributed by atoms with E-state index in [0.29, 0.717) is 0 Å². The smallest absolute Gasteiger partial charge is 0.287 e. The fourth-order valence-electron chi connectivity index (χ4n) is 2.94. The van der Waals surface area contributed by atoms with E-state index in [1.807, 2.05) is 12.1 Å². The van der Waals surface area contributed by atoms with Crippen molar-refractivity contribution >= 4 is 11.8 Å². The Morgan fingerprint density at radius 2 is 2.04 bits per heavy atom. The van der Waals surface area contributed by atoms with Crippen molar-refractivity contribution < 1.29 is 14.0 Å². The average molecular weight is 312 g/mol. The molecule has 1 heterocycles. The maximum atomic E-state index is 12.4. The van der Waals surface area contributed by atoms with Gasteiger partial charge in [0.25, 0.3) is 5.91 Å². The monoisotopic (exact) mass is 312 g/mol. The van der Waals surface area contributed by atoms with Gasteiger partial charge in [0.2, 0.25) is 5.91 Å². The van der Waals surface area contributed by atoms with Crippen LogP contribution in [0.25, 0.3) is 0 Å². The van der Waals surface area contributed by atoms with E-state index < -0.39 is 6.04 Å². The van der Waals surface area contributed by atoms with E-state index >= 15 is 0 Å². The van der Waals surface area contributed by atoms with Gasteiger partial charge in [-0.1, -0.05) is 24.3 Å². The van der Waals surface area contributed by atoms with Crippen LogP contribution in [0, 0.1) is 0 Å². The van der Waals surface area contributed by atoms with Crippen molar-refractivity contribution in [2.24, 2.45) is 0 Å². The van der Waals surface area contributed by atoms with Crippen LogP contribution in [0.2, 0.25) is 0 Å². The number of benzene rings is 1. The lowest BCUT2D eigenvalue weighted by Gasteiger charge is -2.27. The molecular weight excluding hydrogens is 292 g/mol. The molecule has 1 aliphatic carbocycles. The van der Waals surface area contributed by atoms with Crippen molar-refractivity contribution in [1.82, 2.24) is 10.6 Å². The summed E-state index contributed by atoms with van der Waals surface area (Å²) >= 11 is 0. The predicted molar refractivity (Wildman–Crippen MR) is 85.9 cm³/mol. The number of aryl methyl sites for hydroxylation is 1. The summed E-state index contributed by atoms with van der Waals surface area (Å²) in [5.74, 6) is -0.374. The molecular formula is C18H20N2O3. The van der Waals surface area contributed by atoms with E-state index in [1.165, 1.54) is 17.4 Å². The fraction of sp³-hybridized carbons (Fsp3) is 0.333. The number of nitrogens with one attached hydrogen (secondary N) is 2. The quantitative estimate of drug-likeness (QED) is 0.911. The second-order valence-corrected chi connectivity index (χ2v) is 5.82. The van der Waals surface area contributed by atoms with Crippen LogP contribution < -0.4 is 10.6 Å². The van der Waals surface area contributed by atoms with Gasteiger partial charge in [-0.05, 0) is 49.4 Å². The first-order valence-corrected chi connectivity index (χ1v) is 7.87. The topological polar surface area (TPSA) is 71.3 Å². The number of furan rings is 1. The Balaban J connectivity index is 1.62. The molecule has 0 unspecified atom stereocenters. The lowest BCUT2D eigenvalue weighted by Crippen LogP contribution is -2.46. The summed E-state index contributed by atoms with van der Waals surface area (Å²) in [7, 11) is 0. The third-order valence-electron chi connectivity index (χ3n) is 4.17. The normalized spacial score (nSPS) is 17.9. The first-order chi connectivity index (χ1) is 11.1. The van der Waals surface area contributed by atoms with Crippen LogP contribution in [0.4, 0.5) is 0 Å². The molecule has 1 aromatic carbocycles. The number of rotatable bonds is 4. The second-order valence-electron chi connectivity index (χ2n) is 5.82. The van der Waals surface area contributed by atoms with Gasteiger partial charge >= 0.3 is 0 Å². The Hall–Kier alpha value is -2.56. The van der Waals surface area contributed by atoms with Crippen molar-refractivity contribution in [3.05, 3.63) is 59.5 Å². The van der Waals surface area contributed by atoms with Crippen molar-refractivity contribution in [3.63, 3.8) is 0 Å². The van der Waals surface area contributed by atoms with Crippen molar-refractivity contribution in [2.45, 2.75) is 38.3 Å². The largest absolute Gasteiger partial charge is 0.459 e. The molecule has 23 heavy (non-hydrogen) atoms. The van der Waals surface area contributed by atoms with Gasteiger partial charge in [-0.2, -0.15) is 0 Å². The number of amides is 2. The zero-order chi connectivity index (χ0) is 16.2. The van der Waals surface area contributed by atoms with E-state index in [0.717, 1.165) is 19.3 Å². The van der Waals surface area contributed by atoms with Crippen molar-refractivity contribution in [1.29, 1.82) is 0 Å². The SMILES string of the molecule is C[C@H](NC(=O)c1ccco1)C(=O)N[C@H]1CCCc2ccccc21. The number of fused-ring (bicyclic) bond motifs is 1. The van der Waals surface area contributed by atoms with E-state index in [2.05, 4.69) is 22.8 Å². The summed E-state index contributed by atoms with van der Waals surface area (Å²) in [6.45, 7) is 1.67. The van der Waals surface area contributed by atoms with Crippen LogP contribution >= 0.6 is 0 Å². The van der Waals surface area contributed by atoms with Gasteiger partial charge in [0.05, 0.1) is 12.3 Å². The minimum absolute atomic E-state index is 0.00964. The van der Waals surface area contributed by atoms with E-state index in [1.54, 1.807) is 19.1 Å². The highest BCUT2D eigenvalue weighted by atomic mass is 16.3. The summed E-state index contributed by atoms with van der Waals surface area (Å²) in [4.78, 5) is 24.3. The number of hydrogen-bond acceptors (Lipinski definition) is 3. The highest BCUT2D eigenvalue weighted by molar-refractivity contribution is 5.95. The van der Waals surface area contributed by atoms with Crippen LogP contribution in [0.5, 0.6) is 0 Å². The van der Waals surface area contributed by atoms with E-state index in [4.69, 9.17) is 4.42 Å². The second kappa shape index (κ2) is 6.69. The molecule has 2 atom stereocenters. The third kappa shape index (κ3) is 3.44. The van der Waals surface area contributed by atoms with Crippen LogP contribution in [0.15, 0.2) is 47.1 Å². The van der Waals surface area contributed by atoms with Gasteiger partial charge in [-0.25, -0.2) is 0 Å². The zero-order valence-corrected chi connectivity index (χ0v) is 13.0. The molecule has 120 valence electrons. The number of carbonyl (C=O) groups is 2. The molecule has 3 rings (SSSR count). The summed E-state index contributed by atoms with van der Waals surface area (Å²) in [5.41, 5.74) is 2.47. The summed E-state index contributed by atoms with van der Waals surface area (Å²) in [6.07, 6.45) is 4.45. The first kappa shape index (κ1) is 15.3. The minimum Gasteiger partial charge on any atom is -0.459 e. The van der Waals surface area contributed by atoms with Gasteiger partial charge < -0.3 is 15.1 Å². The number of hydrogen-bond donors (Lipinski definition) is 2. The van der Waals surface area contributed by atoms with Gasteiger partial charge in [0.15, 0.2) is 5.76 Å². The Kier molecular flexibility index (Phi) is 4.46. The van der Waals surface area contributed by atoms with E-state index in [9.17, 15) is 9.59 Å².